The van der Waals surface area contributed by atoms with Gasteiger partial charge in [-0.3, -0.25) is 0 Å². The summed E-state index contributed by atoms with van der Waals surface area (Å²) in [5.74, 6) is 0.00792. The molecule has 0 radical (unpaired) electrons. The van der Waals surface area contributed by atoms with E-state index in [0.717, 1.165) is 18.4 Å². The number of benzene rings is 1. The normalized spacial score (nSPS) is 12.4. The second-order valence-corrected chi connectivity index (χ2v) is 4.75. The molecule has 2 N–H and O–H groups in total. The average molecular weight is 253 g/mol. The van der Waals surface area contributed by atoms with E-state index in [1.54, 1.807) is 6.07 Å². The molecule has 0 aliphatic rings. The summed E-state index contributed by atoms with van der Waals surface area (Å²) in [6.45, 7) is 4.53. The molecule has 1 atom stereocenters. The average Bonchev–Trinajstić information content (AvgIpc) is 2.37. The van der Waals surface area contributed by atoms with E-state index in [1.807, 2.05) is 13.0 Å². The SMILES string of the molecule is CCCCCCC(C)Oc1ccc(CN)cc1F. The van der Waals surface area contributed by atoms with Gasteiger partial charge in [-0.2, -0.15) is 0 Å². The third-order valence-electron chi connectivity index (χ3n) is 3.02. The maximum absolute atomic E-state index is 13.7. The first-order valence-corrected chi connectivity index (χ1v) is 6.82. The van der Waals surface area contributed by atoms with Crippen molar-refractivity contribution in [2.24, 2.45) is 5.73 Å². The second kappa shape index (κ2) is 8.09. The lowest BCUT2D eigenvalue weighted by molar-refractivity contribution is 0.197. The van der Waals surface area contributed by atoms with E-state index in [0.29, 0.717) is 12.3 Å². The van der Waals surface area contributed by atoms with E-state index >= 15 is 0 Å². The van der Waals surface area contributed by atoms with E-state index in [9.17, 15) is 4.39 Å². The van der Waals surface area contributed by atoms with Crippen LogP contribution in [0.4, 0.5) is 4.39 Å². The molecule has 1 aromatic rings. The minimum Gasteiger partial charge on any atom is -0.488 e. The van der Waals surface area contributed by atoms with Crippen molar-refractivity contribution in [2.45, 2.75) is 58.6 Å². The summed E-state index contributed by atoms with van der Waals surface area (Å²) in [5, 5.41) is 0. The predicted molar refractivity (Wildman–Crippen MR) is 73.1 cm³/mol. The molecule has 0 saturated heterocycles. The van der Waals surface area contributed by atoms with Gasteiger partial charge in [0.15, 0.2) is 11.6 Å². The zero-order chi connectivity index (χ0) is 13.4. The number of ether oxygens (including phenoxy) is 1. The molecule has 3 heteroatoms. The molecular weight excluding hydrogens is 229 g/mol. The van der Waals surface area contributed by atoms with Gasteiger partial charge in [-0.15, -0.1) is 0 Å². The van der Waals surface area contributed by atoms with Crippen LogP contribution in [0.2, 0.25) is 0 Å². The number of halogens is 1. The Balaban J connectivity index is 2.41. The summed E-state index contributed by atoms with van der Waals surface area (Å²) in [6, 6.07) is 4.92. The van der Waals surface area contributed by atoms with E-state index in [2.05, 4.69) is 6.92 Å². The Labute approximate surface area is 109 Å². The van der Waals surface area contributed by atoms with Crippen LogP contribution in [0.1, 0.15) is 51.5 Å². The third-order valence-corrected chi connectivity index (χ3v) is 3.02. The quantitative estimate of drug-likeness (QED) is 0.710. The Bertz CT molecular complexity index is 354. The Hall–Kier alpha value is -1.09. The van der Waals surface area contributed by atoms with Crippen LogP contribution < -0.4 is 10.5 Å². The highest BCUT2D eigenvalue weighted by atomic mass is 19.1. The highest BCUT2D eigenvalue weighted by Gasteiger charge is 2.08. The molecule has 0 saturated carbocycles. The van der Waals surface area contributed by atoms with Crippen LogP contribution in [0.3, 0.4) is 0 Å². The van der Waals surface area contributed by atoms with Crippen molar-refractivity contribution in [3.63, 3.8) is 0 Å². The molecule has 0 heterocycles. The van der Waals surface area contributed by atoms with Crippen molar-refractivity contribution in [1.29, 1.82) is 0 Å². The summed E-state index contributed by atoms with van der Waals surface area (Å²) in [4.78, 5) is 0. The van der Waals surface area contributed by atoms with Crippen LogP contribution in [0.15, 0.2) is 18.2 Å². The van der Waals surface area contributed by atoms with E-state index in [4.69, 9.17) is 10.5 Å². The van der Waals surface area contributed by atoms with Crippen molar-refractivity contribution in [3.8, 4) is 5.75 Å². The summed E-state index contributed by atoms with van der Waals surface area (Å²) in [5.41, 5.74) is 6.24. The highest BCUT2D eigenvalue weighted by Crippen LogP contribution is 2.21. The fourth-order valence-corrected chi connectivity index (χ4v) is 1.90. The fraction of sp³-hybridized carbons (Fsp3) is 0.600. The molecule has 0 amide bonds. The minimum atomic E-state index is -0.321. The van der Waals surface area contributed by atoms with Crippen LogP contribution in [0.5, 0.6) is 5.75 Å². The lowest BCUT2D eigenvalue weighted by Crippen LogP contribution is -2.12. The molecule has 102 valence electrons. The molecule has 2 nitrogen and oxygen atoms in total. The second-order valence-electron chi connectivity index (χ2n) is 4.75. The lowest BCUT2D eigenvalue weighted by atomic mass is 10.1. The van der Waals surface area contributed by atoms with Crippen molar-refractivity contribution in [3.05, 3.63) is 29.6 Å². The molecule has 0 fully saturated rings. The zero-order valence-corrected chi connectivity index (χ0v) is 11.4. The number of hydrogen-bond donors (Lipinski definition) is 1. The number of rotatable bonds is 8. The van der Waals surface area contributed by atoms with Gasteiger partial charge in [0.05, 0.1) is 6.10 Å². The summed E-state index contributed by atoms with van der Waals surface area (Å²) in [6.07, 6.45) is 5.87. The maximum Gasteiger partial charge on any atom is 0.165 e. The van der Waals surface area contributed by atoms with Gasteiger partial charge in [0, 0.05) is 6.54 Å². The first kappa shape index (κ1) is 15.0. The Kier molecular flexibility index (Phi) is 6.73. The van der Waals surface area contributed by atoms with Crippen molar-refractivity contribution in [1.82, 2.24) is 0 Å². The lowest BCUT2D eigenvalue weighted by Gasteiger charge is -2.15. The number of nitrogens with two attached hydrogens (primary N) is 1. The maximum atomic E-state index is 13.7. The first-order chi connectivity index (χ1) is 8.67. The summed E-state index contributed by atoms with van der Waals surface area (Å²) >= 11 is 0. The zero-order valence-electron chi connectivity index (χ0n) is 11.4. The van der Waals surface area contributed by atoms with Gasteiger partial charge in [0.1, 0.15) is 0 Å². The molecule has 1 unspecified atom stereocenters. The molecule has 18 heavy (non-hydrogen) atoms. The number of unbranched alkanes of at least 4 members (excludes halogenated alkanes) is 3. The molecule has 1 aromatic carbocycles. The van der Waals surface area contributed by atoms with Crippen molar-refractivity contribution >= 4 is 0 Å². The number of hydrogen-bond acceptors (Lipinski definition) is 2. The molecule has 0 bridgehead atoms. The van der Waals surface area contributed by atoms with E-state index in [1.165, 1.54) is 25.3 Å². The standard InChI is InChI=1S/C15H24FNO/c1-3-4-5-6-7-12(2)18-15-9-8-13(11-17)10-14(15)16/h8-10,12H,3-7,11,17H2,1-2H3. The molecule has 0 spiro atoms. The Morgan fingerprint density at radius 1 is 1.28 bits per heavy atom. The molecule has 1 rings (SSSR count). The van der Waals surface area contributed by atoms with Crippen LogP contribution in [-0.2, 0) is 6.54 Å². The molecule has 0 aromatic heterocycles. The van der Waals surface area contributed by atoms with Crippen LogP contribution in [0.25, 0.3) is 0 Å². The van der Waals surface area contributed by atoms with Gasteiger partial charge in [-0.05, 0) is 37.5 Å². The summed E-state index contributed by atoms with van der Waals surface area (Å²) in [7, 11) is 0. The van der Waals surface area contributed by atoms with Gasteiger partial charge in [-0.25, -0.2) is 4.39 Å². The predicted octanol–water partition coefficient (Wildman–Crippen LogP) is 4.02. The van der Waals surface area contributed by atoms with Crippen molar-refractivity contribution in [2.75, 3.05) is 0 Å². The van der Waals surface area contributed by atoms with Crippen LogP contribution in [0, 0.1) is 5.82 Å². The van der Waals surface area contributed by atoms with Gasteiger partial charge in [0.25, 0.3) is 0 Å². The van der Waals surface area contributed by atoms with Crippen LogP contribution in [-0.4, -0.2) is 6.10 Å². The molecular formula is C15H24FNO. The monoisotopic (exact) mass is 253 g/mol. The largest absolute Gasteiger partial charge is 0.488 e. The first-order valence-electron chi connectivity index (χ1n) is 6.82. The molecule has 0 aliphatic heterocycles. The fourth-order valence-electron chi connectivity index (χ4n) is 1.90. The summed E-state index contributed by atoms with van der Waals surface area (Å²) < 4.78 is 19.3. The minimum absolute atomic E-state index is 0.0556. The van der Waals surface area contributed by atoms with Gasteiger partial charge in [-0.1, -0.05) is 32.3 Å². The van der Waals surface area contributed by atoms with Gasteiger partial charge >= 0.3 is 0 Å². The Morgan fingerprint density at radius 3 is 2.67 bits per heavy atom. The van der Waals surface area contributed by atoms with E-state index < -0.39 is 0 Å². The topological polar surface area (TPSA) is 35.2 Å². The highest BCUT2D eigenvalue weighted by molar-refractivity contribution is 5.29. The van der Waals surface area contributed by atoms with Crippen LogP contribution >= 0.6 is 0 Å². The third kappa shape index (κ3) is 5.05. The Morgan fingerprint density at radius 2 is 2.06 bits per heavy atom. The van der Waals surface area contributed by atoms with E-state index in [-0.39, 0.29) is 11.9 Å². The van der Waals surface area contributed by atoms with Gasteiger partial charge < -0.3 is 10.5 Å². The van der Waals surface area contributed by atoms with Gasteiger partial charge in [0.2, 0.25) is 0 Å². The molecule has 0 aliphatic carbocycles. The van der Waals surface area contributed by atoms with Crippen molar-refractivity contribution < 1.29 is 9.13 Å². The smallest absolute Gasteiger partial charge is 0.165 e.